The van der Waals surface area contributed by atoms with Gasteiger partial charge < -0.3 is 19.3 Å². The third-order valence-electron chi connectivity index (χ3n) is 7.26. The van der Waals surface area contributed by atoms with Crippen molar-refractivity contribution in [2.75, 3.05) is 14.2 Å². The summed E-state index contributed by atoms with van der Waals surface area (Å²) in [7, 11) is 2.97. The molecular weight excluding hydrogens is 559 g/mol. The third-order valence-corrected chi connectivity index (χ3v) is 7.26. The van der Waals surface area contributed by atoms with Crippen LogP contribution in [-0.2, 0) is 20.9 Å². The number of rotatable bonds is 12. The van der Waals surface area contributed by atoms with Gasteiger partial charge in [-0.1, -0.05) is 72.8 Å². The lowest BCUT2D eigenvalue weighted by atomic mass is 9.94. The Morgan fingerprint density at radius 3 is 2.07 bits per heavy atom. The van der Waals surface area contributed by atoms with Crippen molar-refractivity contribution in [2.24, 2.45) is 0 Å². The number of aliphatic hydroxyl groups excluding tert-OH is 1. The predicted molar refractivity (Wildman–Crippen MR) is 169 cm³/mol. The molecule has 0 saturated carbocycles. The minimum atomic E-state index is -1.20. The Morgan fingerprint density at radius 2 is 1.48 bits per heavy atom. The number of esters is 1. The summed E-state index contributed by atoms with van der Waals surface area (Å²) in [5.41, 5.74) is 4.77. The standard InChI is InChI=1S/C36H37FN2O5/c1-24(2)39-31(20-19-29(40)21-30(41)22-32(42)44-4)33(27-15-17-28(37)18-16-27)34(26-13-9-6-10-14-26)35(39)36(43)38(3)23-25-11-7-5-8-12-25/h5-20,24,30,41H,21-23H2,1-4H3/b20-19+/t30-/m1/s1. The van der Waals surface area contributed by atoms with Gasteiger partial charge in [0.25, 0.3) is 5.91 Å². The number of aromatic nitrogens is 1. The molecular formula is C36H37FN2O5. The van der Waals surface area contributed by atoms with Gasteiger partial charge in [-0.3, -0.25) is 14.4 Å². The molecule has 4 rings (SSSR count). The van der Waals surface area contributed by atoms with Crippen LogP contribution in [-0.4, -0.2) is 52.5 Å². The summed E-state index contributed by atoms with van der Waals surface area (Å²) < 4.78 is 20.6. The van der Waals surface area contributed by atoms with Crippen LogP contribution in [0.3, 0.4) is 0 Å². The topological polar surface area (TPSA) is 88.8 Å². The monoisotopic (exact) mass is 596 g/mol. The molecule has 44 heavy (non-hydrogen) atoms. The summed E-state index contributed by atoms with van der Waals surface area (Å²) >= 11 is 0. The maximum atomic E-state index is 14.4. The number of aliphatic hydroxyl groups is 1. The van der Waals surface area contributed by atoms with Gasteiger partial charge in [-0.2, -0.15) is 0 Å². The average molecular weight is 597 g/mol. The highest BCUT2D eigenvalue weighted by atomic mass is 19.1. The highest BCUT2D eigenvalue weighted by molar-refractivity contribution is 6.07. The number of allylic oxidation sites excluding steroid dienone is 1. The summed E-state index contributed by atoms with van der Waals surface area (Å²) in [5.74, 6) is -1.64. The first-order valence-electron chi connectivity index (χ1n) is 14.4. The largest absolute Gasteiger partial charge is 0.469 e. The normalized spacial score (nSPS) is 12.0. The van der Waals surface area contributed by atoms with Crippen molar-refractivity contribution < 1.29 is 28.6 Å². The highest BCUT2D eigenvalue weighted by Gasteiger charge is 2.31. The molecule has 4 aromatic rings. The van der Waals surface area contributed by atoms with Gasteiger partial charge in [0, 0.05) is 37.2 Å². The number of amides is 1. The Morgan fingerprint density at radius 1 is 0.886 bits per heavy atom. The van der Waals surface area contributed by atoms with Crippen molar-refractivity contribution in [1.82, 2.24) is 9.47 Å². The molecule has 0 unspecified atom stereocenters. The van der Waals surface area contributed by atoms with Crippen molar-refractivity contribution in [3.63, 3.8) is 0 Å². The molecule has 0 radical (unpaired) electrons. The summed E-state index contributed by atoms with van der Waals surface area (Å²) in [4.78, 5) is 40.6. The second-order valence-corrected chi connectivity index (χ2v) is 10.9. The van der Waals surface area contributed by atoms with E-state index in [4.69, 9.17) is 0 Å². The zero-order valence-corrected chi connectivity index (χ0v) is 25.4. The van der Waals surface area contributed by atoms with Gasteiger partial charge in [0.1, 0.15) is 11.5 Å². The SMILES string of the molecule is COC(=O)C[C@H](O)CC(=O)/C=C/c1c(-c2ccc(F)cc2)c(-c2ccccc2)c(C(=O)N(C)Cc2ccccc2)n1C(C)C. The molecule has 0 spiro atoms. The second-order valence-electron chi connectivity index (χ2n) is 10.9. The number of benzene rings is 3. The van der Waals surface area contributed by atoms with E-state index in [1.807, 2.05) is 79.1 Å². The molecule has 8 heteroatoms. The van der Waals surface area contributed by atoms with Crippen molar-refractivity contribution in [3.8, 4) is 22.3 Å². The van der Waals surface area contributed by atoms with Crippen molar-refractivity contribution >= 4 is 23.7 Å². The summed E-state index contributed by atoms with van der Waals surface area (Å²) in [5, 5.41) is 10.2. The Bertz CT molecular complexity index is 1630. The molecule has 0 fully saturated rings. The van der Waals surface area contributed by atoms with E-state index in [9.17, 15) is 23.9 Å². The Balaban J connectivity index is 1.93. The van der Waals surface area contributed by atoms with E-state index in [-0.39, 0.29) is 24.8 Å². The minimum absolute atomic E-state index is 0.213. The summed E-state index contributed by atoms with van der Waals surface area (Å²) in [6, 6.07) is 25.0. The van der Waals surface area contributed by atoms with E-state index in [2.05, 4.69) is 4.74 Å². The number of ketones is 1. The van der Waals surface area contributed by atoms with Crippen LogP contribution < -0.4 is 0 Å². The fraction of sp³-hybridized carbons (Fsp3) is 0.250. The minimum Gasteiger partial charge on any atom is -0.469 e. The van der Waals surface area contributed by atoms with Crippen LogP contribution in [0.1, 0.15) is 54.5 Å². The van der Waals surface area contributed by atoms with Gasteiger partial charge in [-0.25, -0.2) is 4.39 Å². The first-order chi connectivity index (χ1) is 21.1. The molecule has 7 nitrogen and oxygen atoms in total. The lowest BCUT2D eigenvalue weighted by molar-refractivity contribution is -0.143. The molecule has 1 amide bonds. The fourth-order valence-corrected chi connectivity index (χ4v) is 5.24. The maximum Gasteiger partial charge on any atom is 0.308 e. The Hall–Kier alpha value is -4.82. The lowest BCUT2D eigenvalue weighted by Crippen LogP contribution is -2.29. The molecule has 1 N–H and O–H groups in total. The molecule has 0 aliphatic carbocycles. The molecule has 228 valence electrons. The zero-order valence-electron chi connectivity index (χ0n) is 25.4. The molecule has 0 saturated heterocycles. The van der Waals surface area contributed by atoms with Gasteiger partial charge >= 0.3 is 5.97 Å². The van der Waals surface area contributed by atoms with Crippen molar-refractivity contribution in [1.29, 1.82) is 0 Å². The van der Waals surface area contributed by atoms with Crippen LogP contribution in [0, 0.1) is 5.82 Å². The van der Waals surface area contributed by atoms with Crippen LogP contribution in [0.15, 0.2) is 91.0 Å². The average Bonchev–Trinajstić information content (AvgIpc) is 3.36. The number of ether oxygens (including phenoxy) is 1. The number of nitrogens with zero attached hydrogens (tertiary/aromatic N) is 2. The Labute approximate surface area is 257 Å². The third kappa shape index (κ3) is 7.57. The quantitative estimate of drug-likeness (QED) is 0.145. The predicted octanol–water partition coefficient (Wildman–Crippen LogP) is 6.71. The van der Waals surface area contributed by atoms with Crippen LogP contribution in [0.2, 0.25) is 0 Å². The van der Waals surface area contributed by atoms with Crippen LogP contribution in [0.4, 0.5) is 4.39 Å². The molecule has 1 atom stereocenters. The molecule has 3 aromatic carbocycles. The van der Waals surface area contributed by atoms with Gasteiger partial charge in [0.15, 0.2) is 5.78 Å². The van der Waals surface area contributed by atoms with E-state index in [1.165, 1.54) is 25.3 Å². The van der Waals surface area contributed by atoms with Crippen molar-refractivity contribution in [2.45, 2.75) is 45.4 Å². The molecule has 0 bridgehead atoms. The number of carbonyl (C=O) groups excluding carboxylic acids is 3. The van der Waals surface area contributed by atoms with E-state index in [1.54, 1.807) is 30.2 Å². The first-order valence-corrected chi connectivity index (χ1v) is 14.4. The molecule has 1 aromatic heterocycles. The van der Waals surface area contributed by atoms with Crippen LogP contribution in [0.25, 0.3) is 28.3 Å². The number of halogens is 1. The first kappa shape index (κ1) is 32.1. The van der Waals surface area contributed by atoms with Gasteiger partial charge in [0.2, 0.25) is 0 Å². The van der Waals surface area contributed by atoms with Gasteiger partial charge in [-0.05, 0) is 54.8 Å². The number of methoxy groups -OCH3 is 1. The number of carbonyl (C=O) groups is 3. The Kier molecular flexibility index (Phi) is 10.6. The fourth-order valence-electron chi connectivity index (χ4n) is 5.24. The van der Waals surface area contributed by atoms with Gasteiger partial charge in [0.05, 0.1) is 25.3 Å². The molecule has 1 heterocycles. The van der Waals surface area contributed by atoms with Crippen molar-refractivity contribution in [3.05, 3.63) is 114 Å². The van der Waals surface area contributed by atoms with E-state index < -0.39 is 23.7 Å². The van der Waals surface area contributed by atoms with Crippen LogP contribution >= 0.6 is 0 Å². The van der Waals surface area contributed by atoms with E-state index in [0.717, 1.165) is 11.1 Å². The molecule has 0 aliphatic rings. The van der Waals surface area contributed by atoms with E-state index >= 15 is 0 Å². The highest BCUT2D eigenvalue weighted by Crippen LogP contribution is 2.43. The second kappa shape index (κ2) is 14.6. The smallest absolute Gasteiger partial charge is 0.308 e. The summed E-state index contributed by atoms with van der Waals surface area (Å²) in [6.45, 7) is 4.29. The lowest BCUT2D eigenvalue weighted by Gasteiger charge is -2.22. The van der Waals surface area contributed by atoms with E-state index in [0.29, 0.717) is 34.6 Å². The maximum absolute atomic E-state index is 14.4. The van der Waals surface area contributed by atoms with Gasteiger partial charge in [-0.15, -0.1) is 0 Å². The van der Waals surface area contributed by atoms with Crippen LogP contribution in [0.5, 0.6) is 0 Å². The number of hydrogen-bond acceptors (Lipinski definition) is 5. The zero-order chi connectivity index (χ0) is 31.8. The molecule has 0 aliphatic heterocycles. The number of hydrogen-bond donors (Lipinski definition) is 1. The summed E-state index contributed by atoms with van der Waals surface area (Å²) in [6.07, 6.45) is 1.20.